The highest BCUT2D eigenvalue weighted by Gasteiger charge is 2.23. The van der Waals surface area contributed by atoms with Crippen molar-refractivity contribution in [2.75, 3.05) is 26.4 Å². The Morgan fingerprint density at radius 2 is 1.56 bits per heavy atom. The summed E-state index contributed by atoms with van der Waals surface area (Å²) < 4.78 is 26.2. The van der Waals surface area contributed by atoms with Crippen molar-refractivity contribution in [3.8, 4) is 0 Å². The lowest BCUT2D eigenvalue weighted by Crippen LogP contribution is -2.27. The van der Waals surface area contributed by atoms with E-state index in [1.54, 1.807) is 0 Å². The summed E-state index contributed by atoms with van der Waals surface area (Å²) in [6.07, 6.45) is 19.3. The summed E-state index contributed by atoms with van der Waals surface area (Å²) >= 11 is 0. The molecule has 0 aliphatic heterocycles. The molecule has 10 heteroatoms. The van der Waals surface area contributed by atoms with Crippen LogP contribution in [0.15, 0.2) is 24.3 Å². The Labute approximate surface area is 217 Å². The molecule has 0 spiro atoms. The summed E-state index contributed by atoms with van der Waals surface area (Å²) in [5, 5.41) is 12.4. The Hall–Kier alpha value is -1.51. The fourth-order valence-corrected chi connectivity index (χ4v) is 3.80. The number of phosphoric acid groups is 1. The van der Waals surface area contributed by atoms with Crippen molar-refractivity contribution in [2.24, 2.45) is 0 Å². The van der Waals surface area contributed by atoms with E-state index < -0.39 is 26.5 Å². The van der Waals surface area contributed by atoms with Crippen molar-refractivity contribution in [3.63, 3.8) is 0 Å². The highest BCUT2D eigenvalue weighted by Crippen LogP contribution is 2.42. The molecule has 0 saturated heterocycles. The first kappa shape index (κ1) is 34.5. The number of amides is 1. The number of phosphoric ester groups is 1. The molecule has 3 N–H and O–H groups in total. The average Bonchev–Trinajstić information content (AvgIpc) is 2.85. The van der Waals surface area contributed by atoms with Crippen LogP contribution in [0.4, 0.5) is 0 Å². The molecule has 0 radical (unpaired) electrons. The third kappa shape index (κ3) is 24.2. The fourth-order valence-electron chi connectivity index (χ4n) is 3.04. The molecule has 0 aromatic heterocycles. The number of esters is 1. The van der Waals surface area contributed by atoms with Crippen LogP contribution in [0.3, 0.4) is 0 Å². The second-order valence-corrected chi connectivity index (χ2v) is 10.1. The van der Waals surface area contributed by atoms with Gasteiger partial charge >= 0.3 is 13.8 Å². The Bertz CT molecular complexity index is 668. The van der Waals surface area contributed by atoms with E-state index in [9.17, 15) is 24.2 Å². The van der Waals surface area contributed by atoms with Crippen LogP contribution in [0.2, 0.25) is 0 Å². The number of hydrogen-bond donors (Lipinski definition) is 3. The normalized spacial score (nSPS) is 14.2. The Morgan fingerprint density at radius 3 is 2.28 bits per heavy atom. The smallest absolute Gasteiger partial charge is 0.463 e. The van der Waals surface area contributed by atoms with E-state index in [0.717, 1.165) is 64.2 Å². The first-order chi connectivity index (χ1) is 17.3. The number of aliphatic hydroxyl groups is 1. The van der Waals surface area contributed by atoms with Crippen LogP contribution in [0.5, 0.6) is 0 Å². The van der Waals surface area contributed by atoms with Gasteiger partial charge in [-0.25, -0.2) is 4.57 Å². The zero-order chi connectivity index (χ0) is 26.9. The van der Waals surface area contributed by atoms with E-state index in [2.05, 4.69) is 36.5 Å². The van der Waals surface area contributed by atoms with Crippen LogP contribution >= 0.6 is 7.82 Å². The molecule has 0 heterocycles. The van der Waals surface area contributed by atoms with Crippen LogP contribution in [-0.2, 0) is 27.9 Å². The predicted octanol–water partition coefficient (Wildman–Crippen LogP) is 5.36. The second kappa shape index (κ2) is 23.9. The zero-order valence-corrected chi connectivity index (χ0v) is 23.1. The lowest BCUT2D eigenvalue weighted by Gasteiger charge is -2.15. The third-order valence-corrected chi connectivity index (χ3v) is 6.10. The third-order valence-electron chi connectivity index (χ3n) is 5.12. The molecule has 0 aromatic rings. The summed E-state index contributed by atoms with van der Waals surface area (Å²) in [5.41, 5.74) is 0. The quantitative estimate of drug-likeness (QED) is 0.0654. The molecule has 210 valence electrons. The summed E-state index contributed by atoms with van der Waals surface area (Å²) in [6.45, 7) is 3.17. The van der Waals surface area contributed by atoms with Gasteiger partial charge in [0.25, 0.3) is 0 Å². The summed E-state index contributed by atoms with van der Waals surface area (Å²) in [4.78, 5) is 32.8. The second-order valence-electron chi connectivity index (χ2n) is 8.66. The SMILES string of the molecule is CCC/C=C\C/C=C\CCCCCCCC(=O)OCC(O)COP(=O)(O)OCCNC(=O)CCCC. The first-order valence-electron chi connectivity index (χ1n) is 13.3. The van der Waals surface area contributed by atoms with Gasteiger partial charge in [-0.3, -0.25) is 18.6 Å². The number of aliphatic hydroxyl groups excluding tert-OH is 1. The molecule has 0 rings (SSSR count). The topological polar surface area (TPSA) is 131 Å². The fraction of sp³-hybridized carbons (Fsp3) is 0.769. The molecule has 0 aromatic carbocycles. The molecule has 1 amide bonds. The number of carbonyl (C=O) groups is 2. The number of nitrogens with one attached hydrogen (secondary N) is 1. The highest BCUT2D eigenvalue weighted by molar-refractivity contribution is 7.47. The van der Waals surface area contributed by atoms with Gasteiger partial charge in [0.15, 0.2) is 0 Å². The van der Waals surface area contributed by atoms with Crippen molar-refractivity contribution in [1.29, 1.82) is 0 Å². The van der Waals surface area contributed by atoms with Crippen LogP contribution in [0.25, 0.3) is 0 Å². The lowest BCUT2D eigenvalue weighted by molar-refractivity contribution is -0.147. The van der Waals surface area contributed by atoms with Crippen LogP contribution in [0.1, 0.15) is 97.3 Å². The van der Waals surface area contributed by atoms with Gasteiger partial charge in [-0.15, -0.1) is 0 Å². The minimum atomic E-state index is -4.38. The van der Waals surface area contributed by atoms with Crippen molar-refractivity contribution < 1.29 is 37.9 Å². The van der Waals surface area contributed by atoms with Crippen molar-refractivity contribution in [2.45, 2.75) is 103 Å². The highest BCUT2D eigenvalue weighted by atomic mass is 31.2. The summed E-state index contributed by atoms with van der Waals surface area (Å²) in [6, 6.07) is 0. The van der Waals surface area contributed by atoms with Crippen LogP contribution in [-0.4, -0.2) is 54.3 Å². The molecule has 2 unspecified atom stereocenters. The average molecular weight is 534 g/mol. The number of hydrogen-bond acceptors (Lipinski definition) is 7. The predicted molar refractivity (Wildman–Crippen MR) is 141 cm³/mol. The molecule has 2 atom stereocenters. The molecule has 36 heavy (non-hydrogen) atoms. The van der Waals surface area contributed by atoms with E-state index >= 15 is 0 Å². The number of rotatable bonds is 24. The minimum absolute atomic E-state index is 0.0741. The van der Waals surface area contributed by atoms with Crippen molar-refractivity contribution in [3.05, 3.63) is 24.3 Å². The van der Waals surface area contributed by atoms with E-state index in [4.69, 9.17) is 13.8 Å². The molecule has 0 aliphatic rings. The largest absolute Gasteiger partial charge is 0.472 e. The molecular weight excluding hydrogens is 485 g/mol. The van der Waals surface area contributed by atoms with Gasteiger partial charge in [0.05, 0.1) is 13.2 Å². The van der Waals surface area contributed by atoms with Gasteiger partial charge in [-0.05, 0) is 38.5 Å². The van der Waals surface area contributed by atoms with E-state index in [1.807, 2.05) is 6.92 Å². The molecule has 0 aliphatic carbocycles. The van der Waals surface area contributed by atoms with Crippen molar-refractivity contribution >= 4 is 19.7 Å². The maximum absolute atomic E-state index is 11.8. The summed E-state index contributed by atoms with van der Waals surface area (Å²) in [5.74, 6) is -0.573. The Morgan fingerprint density at radius 1 is 0.861 bits per heavy atom. The van der Waals surface area contributed by atoms with Gasteiger partial charge in [0.1, 0.15) is 12.7 Å². The van der Waals surface area contributed by atoms with Gasteiger partial charge in [0.2, 0.25) is 5.91 Å². The monoisotopic (exact) mass is 533 g/mol. The van der Waals surface area contributed by atoms with Gasteiger partial charge < -0.3 is 20.1 Å². The minimum Gasteiger partial charge on any atom is -0.463 e. The van der Waals surface area contributed by atoms with E-state index in [1.165, 1.54) is 6.42 Å². The van der Waals surface area contributed by atoms with Gasteiger partial charge in [-0.1, -0.05) is 70.3 Å². The number of unbranched alkanes of at least 4 members (excludes halogenated alkanes) is 7. The molecule has 9 nitrogen and oxygen atoms in total. The summed E-state index contributed by atoms with van der Waals surface area (Å²) in [7, 11) is -4.38. The van der Waals surface area contributed by atoms with Crippen LogP contribution < -0.4 is 5.32 Å². The maximum Gasteiger partial charge on any atom is 0.472 e. The van der Waals surface area contributed by atoms with Crippen molar-refractivity contribution in [1.82, 2.24) is 5.32 Å². The standard InChI is InChI=1S/C26H48NO8P/c1-3-5-7-8-9-10-11-12-13-14-15-16-17-19-26(30)33-22-24(28)23-35-36(31,32)34-21-20-27-25(29)18-6-4-2/h7-8,10-11,24,28H,3-6,9,12-23H2,1-2H3,(H,27,29)(H,31,32)/b8-7-,11-10-. The molecule has 0 saturated carbocycles. The Kier molecular flexibility index (Phi) is 22.9. The molecule has 0 bridgehead atoms. The van der Waals surface area contributed by atoms with Crippen LogP contribution in [0, 0.1) is 0 Å². The first-order valence-corrected chi connectivity index (χ1v) is 14.8. The maximum atomic E-state index is 11.8. The van der Waals surface area contributed by atoms with E-state index in [0.29, 0.717) is 6.42 Å². The number of ether oxygens (including phenoxy) is 1. The van der Waals surface area contributed by atoms with Gasteiger partial charge in [-0.2, -0.15) is 0 Å². The Balaban J connectivity index is 3.69. The zero-order valence-electron chi connectivity index (χ0n) is 22.2. The molecule has 0 fully saturated rings. The number of carbonyl (C=O) groups excluding carboxylic acids is 2. The lowest BCUT2D eigenvalue weighted by atomic mass is 10.1. The molecular formula is C26H48NO8P. The van der Waals surface area contributed by atoms with E-state index in [-0.39, 0.29) is 32.1 Å². The van der Waals surface area contributed by atoms with Gasteiger partial charge in [0, 0.05) is 19.4 Å². The number of allylic oxidation sites excluding steroid dienone is 4.